The fraction of sp³-hybridized carbons (Fsp3) is 0.571. The molecule has 1 atom stereocenters. The number of hydrogen-bond donors (Lipinski definition) is 2. The van der Waals surface area contributed by atoms with Crippen molar-refractivity contribution in [3.63, 3.8) is 0 Å². The van der Waals surface area contributed by atoms with Crippen LogP contribution in [0.3, 0.4) is 0 Å². The molecule has 3 heteroatoms. The molecule has 24 heavy (non-hydrogen) atoms. The Balaban J connectivity index is 0.000000185. The van der Waals surface area contributed by atoms with Crippen LogP contribution in [0.1, 0.15) is 65.1 Å². The van der Waals surface area contributed by atoms with Crippen LogP contribution in [0.25, 0.3) is 0 Å². The summed E-state index contributed by atoms with van der Waals surface area (Å²) in [5.41, 5.74) is 4.83. The van der Waals surface area contributed by atoms with Gasteiger partial charge in [0.2, 0.25) is 0 Å². The van der Waals surface area contributed by atoms with Crippen LogP contribution < -0.4 is 5.32 Å². The zero-order chi connectivity index (χ0) is 17.8. The van der Waals surface area contributed by atoms with E-state index in [1.165, 1.54) is 23.4 Å². The van der Waals surface area contributed by atoms with Gasteiger partial charge in [0.05, 0.1) is 6.33 Å². The average molecular weight is 328 g/mol. The summed E-state index contributed by atoms with van der Waals surface area (Å²) in [4.78, 5) is 7.03. The van der Waals surface area contributed by atoms with E-state index < -0.39 is 0 Å². The number of fused-ring (bicyclic) bond motifs is 1. The molecule has 2 heterocycles. The summed E-state index contributed by atoms with van der Waals surface area (Å²) < 4.78 is 0. The highest BCUT2D eigenvalue weighted by Gasteiger charge is 2.25. The Hall–Kier alpha value is -1.77. The summed E-state index contributed by atoms with van der Waals surface area (Å²) >= 11 is 0. The zero-order valence-corrected chi connectivity index (χ0v) is 16.1. The van der Waals surface area contributed by atoms with Gasteiger partial charge < -0.3 is 10.3 Å². The minimum Gasteiger partial charge on any atom is -0.384 e. The van der Waals surface area contributed by atoms with E-state index in [9.17, 15) is 0 Å². The quantitative estimate of drug-likeness (QED) is 0.750. The normalized spacial score (nSPS) is 16.8. The second-order valence-electron chi connectivity index (χ2n) is 9.24. The first-order valence-electron chi connectivity index (χ1n) is 8.94. The molecule has 0 saturated heterocycles. The second kappa shape index (κ2) is 7.42. The third kappa shape index (κ3) is 6.03. The van der Waals surface area contributed by atoms with Crippen LogP contribution in [0.15, 0.2) is 36.8 Å². The summed E-state index contributed by atoms with van der Waals surface area (Å²) in [5.74, 6) is 0.700. The van der Waals surface area contributed by atoms with Crippen LogP contribution in [0.5, 0.6) is 0 Å². The molecule has 0 bridgehead atoms. The summed E-state index contributed by atoms with van der Waals surface area (Å²) in [6, 6.07) is 8.68. The largest absolute Gasteiger partial charge is 0.384 e. The molecule has 1 aromatic carbocycles. The standard InChI is InChI=1S/C13H19N.C8H14N2/c1-13(2,3)8-10-9-14-12-7-5-4-6-11(10)12;1-8(2,3)4-7-5-9-6-10-7/h4-7,10,14H,8-9H2,1-3H3;5-6H,4H2,1-3H3,(H,9,10). The fourth-order valence-electron chi connectivity index (χ4n) is 3.23. The summed E-state index contributed by atoms with van der Waals surface area (Å²) in [5, 5.41) is 3.47. The van der Waals surface area contributed by atoms with Gasteiger partial charge in [-0.2, -0.15) is 0 Å². The van der Waals surface area contributed by atoms with E-state index in [4.69, 9.17) is 0 Å². The van der Waals surface area contributed by atoms with E-state index >= 15 is 0 Å². The topological polar surface area (TPSA) is 40.7 Å². The van der Waals surface area contributed by atoms with Gasteiger partial charge in [-0.25, -0.2) is 4.98 Å². The average Bonchev–Trinajstić information content (AvgIpc) is 3.07. The van der Waals surface area contributed by atoms with Gasteiger partial charge in [0.25, 0.3) is 0 Å². The van der Waals surface area contributed by atoms with Gasteiger partial charge >= 0.3 is 0 Å². The number of imidazole rings is 1. The van der Waals surface area contributed by atoms with Crippen molar-refractivity contribution in [2.45, 2.75) is 60.3 Å². The number of nitrogens with one attached hydrogen (secondary N) is 2. The number of hydrogen-bond acceptors (Lipinski definition) is 2. The maximum absolute atomic E-state index is 3.95. The van der Waals surface area contributed by atoms with E-state index in [1.807, 2.05) is 6.20 Å². The molecule has 132 valence electrons. The van der Waals surface area contributed by atoms with E-state index in [2.05, 4.69) is 81.1 Å². The summed E-state index contributed by atoms with van der Waals surface area (Å²) in [7, 11) is 0. The molecular weight excluding hydrogens is 294 g/mol. The van der Waals surface area contributed by atoms with Crippen LogP contribution in [-0.2, 0) is 6.42 Å². The van der Waals surface area contributed by atoms with Crippen molar-refractivity contribution < 1.29 is 0 Å². The van der Waals surface area contributed by atoms with Crippen molar-refractivity contribution >= 4 is 5.69 Å². The van der Waals surface area contributed by atoms with Crippen molar-refractivity contribution in [2.75, 3.05) is 11.9 Å². The number of aromatic nitrogens is 2. The van der Waals surface area contributed by atoms with Crippen molar-refractivity contribution in [3.05, 3.63) is 48.0 Å². The summed E-state index contributed by atoms with van der Waals surface area (Å²) in [6.45, 7) is 14.7. The smallest absolute Gasteiger partial charge is 0.0921 e. The number of nitrogens with zero attached hydrogens (tertiary/aromatic N) is 1. The number of benzene rings is 1. The zero-order valence-electron chi connectivity index (χ0n) is 16.1. The highest BCUT2D eigenvalue weighted by molar-refractivity contribution is 5.57. The molecule has 0 aliphatic carbocycles. The molecule has 0 spiro atoms. The SMILES string of the molecule is CC(C)(C)CC1CNc2ccccc21.CC(C)(C)Cc1cnc[nH]1. The van der Waals surface area contributed by atoms with Gasteiger partial charge in [0.1, 0.15) is 0 Å². The molecular formula is C21H33N3. The van der Waals surface area contributed by atoms with Gasteiger partial charge in [-0.1, -0.05) is 59.7 Å². The second-order valence-corrected chi connectivity index (χ2v) is 9.24. The van der Waals surface area contributed by atoms with Gasteiger partial charge in [0, 0.05) is 30.0 Å². The van der Waals surface area contributed by atoms with Gasteiger partial charge in [-0.15, -0.1) is 0 Å². The lowest BCUT2D eigenvalue weighted by atomic mass is 9.82. The number of rotatable bonds is 2. The van der Waals surface area contributed by atoms with Crippen molar-refractivity contribution in [3.8, 4) is 0 Å². The third-order valence-electron chi connectivity index (χ3n) is 4.07. The Bertz CT molecular complexity index is 615. The molecule has 0 radical (unpaired) electrons. The Morgan fingerprint density at radius 1 is 1.04 bits per heavy atom. The molecule has 2 aromatic rings. The van der Waals surface area contributed by atoms with E-state index in [0.29, 0.717) is 16.7 Å². The van der Waals surface area contributed by atoms with Crippen LogP contribution in [0, 0.1) is 10.8 Å². The third-order valence-corrected chi connectivity index (χ3v) is 4.07. The first-order valence-corrected chi connectivity index (χ1v) is 8.94. The minimum atomic E-state index is 0.354. The molecule has 2 N–H and O–H groups in total. The first kappa shape index (κ1) is 18.6. The number of anilines is 1. The number of aromatic amines is 1. The highest BCUT2D eigenvalue weighted by atomic mass is 14.9. The molecule has 0 fully saturated rings. The molecule has 1 aromatic heterocycles. The first-order chi connectivity index (χ1) is 11.1. The molecule has 3 rings (SSSR count). The van der Waals surface area contributed by atoms with Crippen molar-refractivity contribution in [2.24, 2.45) is 10.8 Å². The van der Waals surface area contributed by atoms with Crippen molar-refractivity contribution in [1.29, 1.82) is 0 Å². The van der Waals surface area contributed by atoms with Crippen LogP contribution in [0.4, 0.5) is 5.69 Å². The molecule has 1 aliphatic heterocycles. The van der Waals surface area contributed by atoms with E-state index in [0.717, 1.165) is 13.0 Å². The Labute approximate surface area is 147 Å². The molecule has 0 saturated carbocycles. The van der Waals surface area contributed by atoms with Gasteiger partial charge in [-0.3, -0.25) is 0 Å². The van der Waals surface area contributed by atoms with Crippen LogP contribution in [-0.4, -0.2) is 16.5 Å². The minimum absolute atomic E-state index is 0.354. The van der Waals surface area contributed by atoms with E-state index in [-0.39, 0.29) is 0 Å². The van der Waals surface area contributed by atoms with Crippen LogP contribution in [0.2, 0.25) is 0 Å². The maximum Gasteiger partial charge on any atom is 0.0921 e. The fourth-order valence-corrected chi connectivity index (χ4v) is 3.23. The number of H-pyrrole nitrogens is 1. The van der Waals surface area contributed by atoms with E-state index in [1.54, 1.807) is 6.33 Å². The highest BCUT2D eigenvalue weighted by Crippen LogP contribution is 2.38. The number of para-hydroxylation sites is 1. The summed E-state index contributed by atoms with van der Waals surface area (Å²) in [6.07, 6.45) is 5.93. The Morgan fingerprint density at radius 3 is 2.33 bits per heavy atom. The maximum atomic E-state index is 3.95. The lowest BCUT2D eigenvalue weighted by Gasteiger charge is -2.22. The van der Waals surface area contributed by atoms with Gasteiger partial charge in [-0.05, 0) is 35.3 Å². The predicted octanol–water partition coefficient (Wildman–Crippen LogP) is 5.63. The lowest BCUT2D eigenvalue weighted by Crippen LogP contribution is -2.13. The monoisotopic (exact) mass is 327 g/mol. The van der Waals surface area contributed by atoms with Crippen LogP contribution >= 0.6 is 0 Å². The molecule has 3 nitrogen and oxygen atoms in total. The van der Waals surface area contributed by atoms with Crippen molar-refractivity contribution in [1.82, 2.24) is 9.97 Å². The molecule has 1 aliphatic rings. The molecule has 1 unspecified atom stereocenters. The Kier molecular flexibility index (Phi) is 5.74. The Morgan fingerprint density at radius 2 is 1.75 bits per heavy atom. The van der Waals surface area contributed by atoms with Gasteiger partial charge in [0.15, 0.2) is 0 Å². The lowest BCUT2D eigenvalue weighted by molar-refractivity contribution is 0.348. The predicted molar refractivity (Wildman–Crippen MR) is 103 cm³/mol. The molecule has 0 amide bonds.